The first-order valence-electron chi connectivity index (χ1n) is 22.6. The average molecular weight is 895 g/mol. The highest BCUT2D eigenvalue weighted by Gasteiger charge is 2.49. The molecule has 0 bridgehead atoms. The highest BCUT2D eigenvalue weighted by Crippen LogP contribution is 2.34. The Hall–Kier alpha value is -6.05. The first kappa shape index (κ1) is 47.9. The number of hydrogen-bond donors (Lipinski definition) is 0. The molecule has 0 radical (unpaired) electrons. The van der Waals surface area contributed by atoms with Gasteiger partial charge in [0, 0.05) is 27.3 Å². The molecule has 0 aliphatic carbocycles. The van der Waals surface area contributed by atoms with Crippen LogP contribution in [-0.4, -0.2) is 94.4 Å². The van der Waals surface area contributed by atoms with Crippen LogP contribution in [0.15, 0.2) is 170 Å². The Morgan fingerprint density at radius 2 is 0.758 bits per heavy atom. The summed E-state index contributed by atoms with van der Waals surface area (Å²) in [7, 11) is 3.27. The predicted octanol–water partition coefficient (Wildman–Crippen LogP) is 9.52. The van der Waals surface area contributed by atoms with Crippen molar-refractivity contribution in [3.63, 3.8) is 0 Å². The molecule has 346 valence electrons. The summed E-state index contributed by atoms with van der Waals surface area (Å²) in [6, 6.07) is 55.4. The maximum Gasteiger partial charge on any atom is 0.321 e. The van der Waals surface area contributed by atoms with Crippen molar-refractivity contribution in [2.45, 2.75) is 63.4 Å². The van der Waals surface area contributed by atoms with Gasteiger partial charge in [0.15, 0.2) is 0 Å². The lowest BCUT2D eigenvalue weighted by Gasteiger charge is -2.38. The number of ether oxygens (including phenoxy) is 8. The molecule has 1 aliphatic rings. The maximum atomic E-state index is 15.9. The summed E-state index contributed by atoms with van der Waals surface area (Å²) in [6.45, 7) is 2.89. The fourth-order valence-corrected chi connectivity index (χ4v) is 8.10. The van der Waals surface area contributed by atoms with E-state index in [1.807, 2.05) is 155 Å². The molecule has 1 fully saturated rings. The number of carbonyl (C=O) groups excluding carboxylic acids is 1. The normalized spacial score (nSPS) is 17.4. The quantitative estimate of drug-likeness (QED) is 0.0390. The van der Waals surface area contributed by atoms with Gasteiger partial charge >= 0.3 is 6.03 Å². The lowest BCUT2D eigenvalue weighted by molar-refractivity contribution is -0.192. The van der Waals surface area contributed by atoms with Crippen LogP contribution in [0.5, 0.6) is 11.5 Å². The third kappa shape index (κ3) is 14.5. The number of nitrogens with zero attached hydrogens (tertiary/aromatic N) is 2. The number of rotatable bonds is 26. The van der Waals surface area contributed by atoms with Gasteiger partial charge < -0.3 is 47.7 Å². The van der Waals surface area contributed by atoms with Gasteiger partial charge in [-0.1, -0.05) is 146 Å². The Morgan fingerprint density at radius 1 is 0.409 bits per heavy atom. The molecule has 0 unspecified atom stereocenters. The van der Waals surface area contributed by atoms with Gasteiger partial charge in [0.2, 0.25) is 0 Å². The van der Waals surface area contributed by atoms with Gasteiger partial charge in [0.05, 0.1) is 38.5 Å². The molecule has 66 heavy (non-hydrogen) atoms. The van der Waals surface area contributed by atoms with Gasteiger partial charge in [-0.15, -0.1) is 0 Å². The molecule has 0 aromatic heterocycles. The summed E-state index contributed by atoms with van der Waals surface area (Å²) < 4.78 is 48.7. The Balaban J connectivity index is 1.28. The van der Waals surface area contributed by atoms with E-state index in [1.54, 1.807) is 14.2 Å². The van der Waals surface area contributed by atoms with E-state index in [9.17, 15) is 0 Å². The van der Waals surface area contributed by atoms with E-state index in [1.165, 1.54) is 0 Å². The third-order valence-corrected chi connectivity index (χ3v) is 11.6. The van der Waals surface area contributed by atoms with Crippen molar-refractivity contribution < 1.29 is 42.7 Å². The number of benzene rings is 6. The highest BCUT2D eigenvalue weighted by atomic mass is 16.7. The molecular formula is C55H62N2O9. The van der Waals surface area contributed by atoms with Gasteiger partial charge in [-0.25, -0.2) is 4.79 Å². The second-order valence-corrected chi connectivity index (χ2v) is 16.2. The number of amides is 2. The van der Waals surface area contributed by atoms with Crippen molar-refractivity contribution in [1.82, 2.24) is 9.80 Å². The number of carbonyl (C=O) groups is 1. The van der Waals surface area contributed by atoms with Crippen molar-refractivity contribution >= 4 is 6.03 Å². The zero-order valence-electron chi connectivity index (χ0n) is 38.0. The standard InChI is InChI=1S/C55H62N2O9/c1-59-31-33-61-41-65-53-51(35-43-15-7-3-8-16-43)56(37-45-23-27-49(28-24-45)63-39-47-19-11-5-12-20-47)55(58)57(38-46-25-29-50(30-26-46)64-40-48-21-13-6-14-22-48)52(36-44-17-9-4-10-18-44)54(53)66-42-62-34-32-60-2/h3-30,51-54H,31-42H2,1-2H3/t51-,52-,53+,54+/m1/s1. The molecule has 6 aromatic rings. The zero-order valence-corrected chi connectivity index (χ0v) is 38.0. The van der Waals surface area contributed by atoms with Crippen LogP contribution in [0.25, 0.3) is 0 Å². The Kier molecular flexibility index (Phi) is 19.0. The zero-order chi connectivity index (χ0) is 45.6. The van der Waals surface area contributed by atoms with Crippen molar-refractivity contribution in [1.29, 1.82) is 0 Å². The lowest BCUT2D eigenvalue weighted by Crippen LogP contribution is -2.53. The van der Waals surface area contributed by atoms with Crippen LogP contribution in [-0.2, 0) is 67.6 Å². The molecule has 1 saturated heterocycles. The lowest BCUT2D eigenvalue weighted by atomic mass is 9.90. The largest absolute Gasteiger partial charge is 0.489 e. The summed E-state index contributed by atoms with van der Waals surface area (Å²) in [6.07, 6.45) is -0.387. The predicted molar refractivity (Wildman–Crippen MR) is 254 cm³/mol. The first-order chi connectivity index (χ1) is 32.6. The smallest absolute Gasteiger partial charge is 0.321 e. The number of urea groups is 1. The van der Waals surface area contributed by atoms with E-state index in [4.69, 9.17) is 37.9 Å². The van der Waals surface area contributed by atoms with E-state index in [-0.39, 0.29) is 32.7 Å². The monoisotopic (exact) mass is 894 g/mol. The number of methoxy groups -OCH3 is 2. The van der Waals surface area contributed by atoms with E-state index in [2.05, 4.69) is 24.3 Å². The minimum Gasteiger partial charge on any atom is -0.489 e. The SMILES string of the molecule is COCCOCO[C@@H]1[C@@H](OCOCCOC)[C@@H](Cc2ccccc2)N(Cc2ccc(OCc3ccccc3)cc2)C(=O)N(Cc2ccc(OCc3ccccc3)cc2)[C@@H]1Cc1ccccc1. The van der Waals surface area contributed by atoms with Crippen molar-refractivity contribution in [3.05, 3.63) is 203 Å². The van der Waals surface area contributed by atoms with Crippen molar-refractivity contribution in [3.8, 4) is 11.5 Å². The third-order valence-electron chi connectivity index (χ3n) is 11.6. The van der Waals surface area contributed by atoms with Crippen LogP contribution in [0.2, 0.25) is 0 Å². The van der Waals surface area contributed by atoms with Gasteiger partial charge in [0.1, 0.15) is 50.5 Å². The van der Waals surface area contributed by atoms with E-state index in [0.717, 1.165) is 44.9 Å². The molecule has 0 spiro atoms. The van der Waals surface area contributed by atoms with Crippen LogP contribution < -0.4 is 9.47 Å². The molecule has 4 atom stereocenters. The van der Waals surface area contributed by atoms with Gasteiger partial charge in [-0.2, -0.15) is 0 Å². The molecule has 0 N–H and O–H groups in total. The molecule has 11 nitrogen and oxygen atoms in total. The van der Waals surface area contributed by atoms with Gasteiger partial charge in [-0.05, 0) is 70.5 Å². The molecule has 7 rings (SSSR count). The second kappa shape index (κ2) is 26.2. The molecule has 6 aromatic carbocycles. The molecule has 11 heteroatoms. The second-order valence-electron chi connectivity index (χ2n) is 16.2. The van der Waals surface area contributed by atoms with Crippen LogP contribution in [0, 0.1) is 0 Å². The topological polar surface area (TPSA) is 97.4 Å². The fourth-order valence-electron chi connectivity index (χ4n) is 8.10. The van der Waals surface area contributed by atoms with Crippen LogP contribution in [0.1, 0.15) is 33.4 Å². The number of hydrogen-bond acceptors (Lipinski definition) is 9. The Bertz CT molecular complexity index is 2090. The summed E-state index contributed by atoms with van der Waals surface area (Å²) in [5.41, 5.74) is 6.13. The summed E-state index contributed by atoms with van der Waals surface area (Å²) >= 11 is 0. The molecule has 0 saturated carbocycles. The minimum absolute atomic E-state index is 0.0400. The van der Waals surface area contributed by atoms with Crippen molar-refractivity contribution in [2.75, 3.05) is 54.2 Å². The summed E-state index contributed by atoms with van der Waals surface area (Å²) in [5.74, 6) is 1.48. The first-order valence-corrected chi connectivity index (χ1v) is 22.6. The van der Waals surface area contributed by atoms with Crippen LogP contribution in [0.3, 0.4) is 0 Å². The minimum atomic E-state index is -0.677. The van der Waals surface area contributed by atoms with Crippen molar-refractivity contribution in [2.24, 2.45) is 0 Å². The van der Waals surface area contributed by atoms with E-state index in [0.29, 0.717) is 52.5 Å². The van der Waals surface area contributed by atoms with Gasteiger partial charge in [-0.3, -0.25) is 0 Å². The molecule has 1 heterocycles. The summed E-state index contributed by atoms with van der Waals surface area (Å²) in [5, 5.41) is 0. The summed E-state index contributed by atoms with van der Waals surface area (Å²) in [4.78, 5) is 19.8. The van der Waals surface area contributed by atoms with Crippen LogP contribution >= 0.6 is 0 Å². The average Bonchev–Trinajstić information content (AvgIpc) is 3.43. The maximum absolute atomic E-state index is 15.9. The van der Waals surface area contributed by atoms with E-state index < -0.39 is 24.3 Å². The highest BCUT2D eigenvalue weighted by molar-refractivity contribution is 5.76. The Morgan fingerprint density at radius 3 is 1.11 bits per heavy atom. The van der Waals surface area contributed by atoms with Crippen LogP contribution in [0.4, 0.5) is 4.79 Å². The van der Waals surface area contributed by atoms with E-state index >= 15 is 4.79 Å². The Labute approximate surface area is 389 Å². The van der Waals surface area contributed by atoms with Gasteiger partial charge in [0.25, 0.3) is 0 Å². The molecule has 1 aliphatic heterocycles. The fraction of sp³-hybridized carbons (Fsp3) is 0.327. The molecule has 2 amide bonds. The molecular weight excluding hydrogens is 833 g/mol.